The van der Waals surface area contributed by atoms with Gasteiger partial charge in [-0.25, -0.2) is 4.98 Å². The molecule has 0 radical (unpaired) electrons. The maximum absolute atomic E-state index is 4.85. The van der Waals surface area contributed by atoms with E-state index in [1.807, 2.05) is 11.3 Å². The summed E-state index contributed by atoms with van der Waals surface area (Å²) in [6.07, 6.45) is 3.74. The molecule has 1 saturated carbocycles. The normalized spacial score (nSPS) is 18.1. The number of hydrogen-bond donors (Lipinski definition) is 0. The van der Waals surface area contributed by atoms with E-state index in [2.05, 4.69) is 58.8 Å². The van der Waals surface area contributed by atoms with Gasteiger partial charge in [-0.15, -0.1) is 11.3 Å². The molecular weight excluding hydrogens is 328 g/mol. The molecule has 0 atom stereocenters. The fourth-order valence-corrected chi connectivity index (χ4v) is 5.07. The number of para-hydroxylation sites is 2. The molecule has 0 N–H and O–H groups in total. The zero-order chi connectivity index (χ0) is 17.0. The van der Waals surface area contributed by atoms with Crippen LogP contribution in [0, 0.1) is 5.92 Å². The minimum absolute atomic E-state index is 0.920. The standard InChI is InChI=1S/C20H24N4S/c1-22-12-15-9-16(25-20(15)24(13-22)11-14-7-8-14)10-19-21-17-5-3-4-6-18(17)23(19)2/h3-6,9,14H,7-8,10-13H2,1-2H3. The molecule has 1 fully saturated rings. The van der Waals surface area contributed by atoms with Crippen LogP contribution < -0.4 is 4.90 Å². The van der Waals surface area contributed by atoms with Crippen LogP contribution >= 0.6 is 11.3 Å². The number of rotatable bonds is 4. The zero-order valence-corrected chi connectivity index (χ0v) is 15.7. The molecule has 130 valence electrons. The van der Waals surface area contributed by atoms with Crippen molar-refractivity contribution in [3.63, 3.8) is 0 Å². The van der Waals surface area contributed by atoms with Crippen molar-refractivity contribution in [2.24, 2.45) is 13.0 Å². The number of imidazole rings is 1. The predicted octanol–water partition coefficient (Wildman–Crippen LogP) is 3.84. The number of fused-ring (bicyclic) bond motifs is 2. The number of aromatic nitrogens is 2. The third kappa shape index (κ3) is 2.85. The highest BCUT2D eigenvalue weighted by atomic mass is 32.1. The molecule has 0 unspecified atom stereocenters. The summed E-state index contributed by atoms with van der Waals surface area (Å²) in [5.74, 6) is 2.08. The maximum Gasteiger partial charge on any atom is 0.114 e. The minimum Gasteiger partial charge on any atom is -0.350 e. The Labute approximate surface area is 152 Å². The highest BCUT2D eigenvalue weighted by Gasteiger charge is 2.29. The van der Waals surface area contributed by atoms with E-state index in [-0.39, 0.29) is 0 Å². The van der Waals surface area contributed by atoms with Crippen LogP contribution in [0.4, 0.5) is 5.00 Å². The van der Waals surface area contributed by atoms with Gasteiger partial charge in [0.15, 0.2) is 0 Å². The average Bonchev–Trinajstić information content (AvgIpc) is 3.23. The number of aryl methyl sites for hydroxylation is 1. The molecule has 3 heterocycles. The second-order valence-corrected chi connectivity index (χ2v) is 8.73. The Morgan fingerprint density at radius 2 is 2.04 bits per heavy atom. The van der Waals surface area contributed by atoms with Crippen LogP contribution in [0.25, 0.3) is 11.0 Å². The molecular formula is C20H24N4S. The summed E-state index contributed by atoms with van der Waals surface area (Å²) in [5.41, 5.74) is 3.80. The first kappa shape index (κ1) is 15.4. The van der Waals surface area contributed by atoms with Gasteiger partial charge in [0, 0.05) is 37.0 Å². The fraction of sp³-hybridized carbons (Fsp3) is 0.450. The van der Waals surface area contributed by atoms with Crippen molar-refractivity contribution in [2.45, 2.75) is 25.8 Å². The van der Waals surface area contributed by atoms with E-state index in [9.17, 15) is 0 Å². The van der Waals surface area contributed by atoms with Gasteiger partial charge in [-0.05, 0) is 44.0 Å². The number of benzene rings is 1. The molecule has 5 heteroatoms. The first-order valence-electron chi connectivity index (χ1n) is 9.13. The van der Waals surface area contributed by atoms with E-state index in [0.29, 0.717) is 0 Å². The van der Waals surface area contributed by atoms with Crippen molar-refractivity contribution in [1.82, 2.24) is 14.5 Å². The molecule has 25 heavy (non-hydrogen) atoms. The molecule has 4 nitrogen and oxygen atoms in total. The highest BCUT2D eigenvalue weighted by molar-refractivity contribution is 7.16. The van der Waals surface area contributed by atoms with Gasteiger partial charge in [0.05, 0.1) is 22.7 Å². The molecule has 1 aromatic carbocycles. The van der Waals surface area contributed by atoms with E-state index >= 15 is 0 Å². The summed E-state index contributed by atoms with van der Waals surface area (Å²) in [5, 5.41) is 1.50. The lowest BCUT2D eigenvalue weighted by Gasteiger charge is -2.34. The second kappa shape index (κ2) is 5.85. The van der Waals surface area contributed by atoms with Gasteiger partial charge in [0.25, 0.3) is 0 Å². The third-order valence-corrected chi connectivity index (χ3v) is 6.60. The largest absolute Gasteiger partial charge is 0.350 e. The summed E-state index contributed by atoms with van der Waals surface area (Å²) in [6, 6.07) is 10.8. The first-order chi connectivity index (χ1) is 12.2. The number of anilines is 1. The molecule has 2 aliphatic rings. The van der Waals surface area contributed by atoms with Crippen LogP contribution in [0.2, 0.25) is 0 Å². The Bertz CT molecular complexity index is 921. The number of nitrogens with zero attached hydrogens (tertiary/aromatic N) is 4. The predicted molar refractivity (Wildman–Crippen MR) is 104 cm³/mol. The van der Waals surface area contributed by atoms with Crippen molar-refractivity contribution in [2.75, 3.05) is 25.2 Å². The molecule has 3 aromatic rings. The zero-order valence-electron chi connectivity index (χ0n) is 14.9. The molecule has 0 saturated heterocycles. The Hall–Kier alpha value is -1.85. The molecule has 0 bridgehead atoms. The second-order valence-electron chi connectivity index (χ2n) is 7.62. The quantitative estimate of drug-likeness (QED) is 0.713. The topological polar surface area (TPSA) is 24.3 Å². The summed E-state index contributed by atoms with van der Waals surface area (Å²) in [4.78, 5) is 11.3. The van der Waals surface area contributed by atoms with Gasteiger partial charge in [0.2, 0.25) is 0 Å². The van der Waals surface area contributed by atoms with Crippen LogP contribution in [0.1, 0.15) is 29.1 Å². The van der Waals surface area contributed by atoms with Crippen molar-refractivity contribution in [3.8, 4) is 0 Å². The molecule has 1 aliphatic heterocycles. The van der Waals surface area contributed by atoms with Crippen LogP contribution in [-0.4, -0.2) is 34.7 Å². The molecule has 1 aliphatic carbocycles. The number of hydrogen-bond acceptors (Lipinski definition) is 4. The molecule has 0 amide bonds. The van der Waals surface area contributed by atoms with E-state index in [1.165, 1.54) is 40.3 Å². The van der Waals surface area contributed by atoms with E-state index in [4.69, 9.17) is 4.98 Å². The van der Waals surface area contributed by atoms with Crippen molar-refractivity contribution in [1.29, 1.82) is 0 Å². The van der Waals surface area contributed by atoms with Gasteiger partial charge < -0.3 is 9.47 Å². The minimum atomic E-state index is 0.920. The van der Waals surface area contributed by atoms with Gasteiger partial charge in [-0.1, -0.05) is 12.1 Å². The van der Waals surface area contributed by atoms with Gasteiger partial charge in [-0.2, -0.15) is 0 Å². The Morgan fingerprint density at radius 1 is 1.20 bits per heavy atom. The van der Waals surface area contributed by atoms with Crippen LogP contribution in [0.3, 0.4) is 0 Å². The summed E-state index contributed by atoms with van der Waals surface area (Å²) in [7, 11) is 4.36. The summed E-state index contributed by atoms with van der Waals surface area (Å²) in [6.45, 7) is 3.36. The number of thiophene rings is 1. The molecule has 5 rings (SSSR count). The smallest absolute Gasteiger partial charge is 0.114 e. The highest BCUT2D eigenvalue weighted by Crippen LogP contribution is 2.39. The fourth-order valence-electron chi connectivity index (χ4n) is 3.90. The average molecular weight is 353 g/mol. The lowest BCUT2D eigenvalue weighted by atomic mass is 10.2. The molecule has 2 aromatic heterocycles. The summed E-state index contributed by atoms with van der Waals surface area (Å²) >= 11 is 1.97. The summed E-state index contributed by atoms with van der Waals surface area (Å²) < 4.78 is 2.24. The Balaban J connectivity index is 1.45. The van der Waals surface area contributed by atoms with Gasteiger partial charge in [-0.3, -0.25) is 4.90 Å². The lowest BCUT2D eigenvalue weighted by molar-refractivity contribution is 0.309. The maximum atomic E-state index is 4.85. The van der Waals surface area contributed by atoms with Crippen molar-refractivity contribution in [3.05, 3.63) is 46.6 Å². The monoisotopic (exact) mass is 352 g/mol. The van der Waals surface area contributed by atoms with Crippen LogP contribution in [0.15, 0.2) is 30.3 Å². The van der Waals surface area contributed by atoms with Crippen LogP contribution in [0.5, 0.6) is 0 Å². The van der Waals surface area contributed by atoms with Crippen molar-refractivity contribution >= 4 is 27.4 Å². The first-order valence-corrected chi connectivity index (χ1v) is 9.94. The van der Waals surface area contributed by atoms with Gasteiger partial charge in [0.1, 0.15) is 5.82 Å². The Kier molecular flexibility index (Phi) is 3.61. The van der Waals surface area contributed by atoms with Gasteiger partial charge >= 0.3 is 0 Å². The van der Waals surface area contributed by atoms with E-state index in [0.717, 1.165) is 36.9 Å². The molecule has 0 spiro atoms. The SMILES string of the molecule is CN1Cc2cc(Cc3nc4ccccc4n3C)sc2N(CC2CC2)C1. The Morgan fingerprint density at radius 3 is 2.84 bits per heavy atom. The van der Waals surface area contributed by atoms with E-state index in [1.54, 1.807) is 0 Å². The van der Waals surface area contributed by atoms with Crippen molar-refractivity contribution < 1.29 is 0 Å². The van der Waals surface area contributed by atoms with E-state index < -0.39 is 0 Å². The van der Waals surface area contributed by atoms with Crippen LogP contribution in [-0.2, 0) is 20.0 Å². The lowest BCUT2D eigenvalue weighted by Crippen LogP contribution is -2.40. The third-order valence-electron chi connectivity index (χ3n) is 5.36.